The predicted octanol–water partition coefficient (Wildman–Crippen LogP) is 3.57. The molecule has 0 aromatic heterocycles. The summed E-state index contributed by atoms with van der Waals surface area (Å²) in [6, 6.07) is 0. The van der Waals surface area contributed by atoms with E-state index in [1.165, 1.54) is 31.4 Å². The molecule has 1 atom stereocenters. The number of hydrogen-bond acceptors (Lipinski definition) is 3. The molecule has 82 valence electrons. The van der Waals surface area contributed by atoms with Crippen molar-refractivity contribution in [3.8, 4) is 0 Å². The number of rotatable bonds is 6. The third-order valence-electron chi connectivity index (χ3n) is 2.37. The van der Waals surface area contributed by atoms with Crippen molar-refractivity contribution < 1.29 is 9.90 Å². The Balaban J connectivity index is 1.90. The number of hydrogen-bond donors (Lipinski definition) is 1. The van der Waals surface area contributed by atoms with Crippen molar-refractivity contribution in [3.63, 3.8) is 0 Å². The molecular formula is C10H18O2S2. The maximum Gasteiger partial charge on any atom is 0.303 e. The zero-order chi connectivity index (χ0) is 10.2. The van der Waals surface area contributed by atoms with Crippen LogP contribution in [0, 0.1) is 0 Å². The molecule has 0 bridgehead atoms. The Kier molecular flexibility index (Phi) is 6.52. The van der Waals surface area contributed by atoms with Crippen molar-refractivity contribution in [1.82, 2.24) is 0 Å². The minimum absolute atomic E-state index is 0.340. The molecule has 0 aliphatic carbocycles. The smallest absolute Gasteiger partial charge is 0.303 e. The monoisotopic (exact) mass is 234 g/mol. The summed E-state index contributed by atoms with van der Waals surface area (Å²) in [7, 11) is 4.02. The molecule has 1 aliphatic rings. The molecule has 4 heteroatoms. The molecule has 1 aliphatic heterocycles. The van der Waals surface area contributed by atoms with Gasteiger partial charge in [0.25, 0.3) is 0 Å². The molecule has 1 rings (SSSR count). The van der Waals surface area contributed by atoms with Crippen LogP contribution in [0.4, 0.5) is 0 Å². The molecule has 1 fully saturated rings. The minimum Gasteiger partial charge on any atom is -0.481 e. The standard InChI is InChI=1S/C10H18O2S2/c11-10(12)7-3-1-2-5-9-6-4-8-13-14-9/h9H,1-8H2,(H,11,12). The summed E-state index contributed by atoms with van der Waals surface area (Å²) in [5, 5.41) is 9.29. The highest BCUT2D eigenvalue weighted by Crippen LogP contribution is 2.38. The van der Waals surface area contributed by atoms with Crippen LogP contribution in [0.25, 0.3) is 0 Å². The second-order valence-corrected chi connectivity index (χ2v) is 6.46. The zero-order valence-corrected chi connectivity index (χ0v) is 10.0. The van der Waals surface area contributed by atoms with Gasteiger partial charge in [0.05, 0.1) is 0 Å². The van der Waals surface area contributed by atoms with E-state index in [4.69, 9.17) is 5.11 Å². The third-order valence-corrected chi connectivity index (χ3v) is 5.43. The summed E-state index contributed by atoms with van der Waals surface area (Å²) in [5.74, 6) is 0.646. The summed E-state index contributed by atoms with van der Waals surface area (Å²) in [6.45, 7) is 0. The molecule has 0 aromatic carbocycles. The summed E-state index contributed by atoms with van der Waals surface area (Å²) in [4.78, 5) is 10.3. The van der Waals surface area contributed by atoms with Crippen LogP contribution in [0.5, 0.6) is 0 Å². The molecule has 0 aromatic rings. The first kappa shape index (κ1) is 12.2. The van der Waals surface area contributed by atoms with E-state index in [1.54, 1.807) is 0 Å². The van der Waals surface area contributed by atoms with Gasteiger partial charge >= 0.3 is 5.97 Å². The summed E-state index contributed by atoms with van der Waals surface area (Å²) in [6.07, 6.45) is 7.46. The summed E-state index contributed by atoms with van der Waals surface area (Å²) >= 11 is 0. The van der Waals surface area contributed by atoms with Crippen LogP contribution in [0.15, 0.2) is 0 Å². The quantitative estimate of drug-likeness (QED) is 0.563. The first-order chi connectivity index (χ1) is 6.79. The molecule has 1 saturated heterocycles. The number of carboxylic acid groups (broad SMARTS) is 1. The molecule has 1 unspecified atom stereocenters. The molecule has 0 amide bonds. The van der Waals surface area contributed by atoms with Gasteiger partial charge in [-0.3, -0.25) is 4.79 Å². The molecule has 1 N–H and O–H groups in total. The van der Waals surface area contributed by atoms with Gasteiger partial charge in [0.2, 0.25) is 0 Å². The number of carbonyl (C=O) groups is 1. The normalized spacial score (nSPS) is 22.1. The number of carboxylic acids is 1. The Morgan fingerprint density at radius 3 is 2.86 bits per heavy atom. The van der Waals surface area contributed by atoms with Crippen LogP contribution >= 0.6 is 21.6 Å². The first-order valence-corrected chi connectivity index (χ1v) is 7.67. The molecule has 0 spiro atoms. The average molecular weight is 234 g/mol. The van der Waals surface area contributed by atoms with E-state index in [2.05, 4.69) is 0 Å². The highest BCUT2D eigenvalue weighted by molar-refractivity contribution is 8.77. The molecule has 14 heavy (non-hydrogen) atoms. The highest BCUT2D eigenvalue weighted by Gasteiger charge is 2.13. The van der Waals surface area contributed by atoms with Crippen molar-refractivity contribution in [3.05, 3.63) is 0 Å². The van der Waals surface area contributed by atoms with Gasteiger partial charge in [-0.25, -0.2) is 0 Å². The van der Waals surface area contributed by atoms with E-state index in [0.29, 0.717) is 6.42 Å². The van der Waals surface area contributed by atoms with Gasteiger partial charge in [-0.15, -0.1) is 0 Å². The van der Waals surface area contributed by atoms with Gasteiger partial charge in [0.15, 0.2) is 0 Å². The Morgan fingerprint density at radius 1 is 1.36 bits per heavy atom. The maximum atomic E-state index is 10.3. The van der Waals surface area contributed by atoms with Gasteiger partial charge in [-0.05, 0) is 25.7 Å². The average Bonchev–Trinajstić information content (AvgIpc) is 2.18. The SMILES string of the molecule is O=C(O)CCCCCC1CCCSS1. The van der Waals surface area contributed by atoms with E-state index in [9.17, 15) is 4.79 Å². The van der Waals surface area contributed by atoms with Crippen LogP contribution in [0.2, 0.25) is 0 Å². The van der Waals surface area contributed by atoms with Crippen molar-refractivity contribution >= 4 is 27.6 Å². The maximum absolute atomic E-state index is 10.3. The Labute approximate surface area is 93.6 Å². The summed E-state index contributed by atoms with van der Waals surface area (Å²) in [5.41, 5.74) is 0. The van der Waals surface area contributed by atoms with Gasteiger partial charge in [-0.2, -0.15) is 0 Å². The van der Waals surface area contributed by atoms with E-state index in [-0.39, 0.29) is 0 Å². The van der Waals surface area contributed by atoms with E-state index >= 15 is 0 Å². The van der Waals surface area contributed by atoms with Crippen molar-refractivity contribution in [1.29, 1.82) is 0 Å². The van der Waals surface area contributed by atoms with Gasteiger partial charge < -0.3 is 5.11 Å². The van der Waals surface area contributed by atoms with Crippen LogP contribution in [-0.4, -0.2) is 22.1 Å². The van der Waals surface area contributed by atoms with E-state index in [1.807, 2.05) is 21.6 Å². The number of aliphatic carboxylic acids is 1. The minimum atomic E-state index is -0.660. The Bertz CT molecular complexity index is 168. The predicted molar refractivity (Wildman–Crippen MR) is 63.8 cm³/mol. The second-order valence-electron chi connectivity index (χ2n) is 3.68. The lowest BCUT2D eigenvalue weighted by Gasteiger charge is -2.19. The fourth-order valence-electron chi connectivity index (χ4n) is 1.58. The van der Waals surface area contributed by atoms with Crippen molar-refractivity contribution in [2.24, 2.45) is 0 Å². The first-order valence-electron chi connectivity index (χ1n) is 5.29. The van der Waals surface area contributed by atoms with Gasteiger partial charge in [-0.1, -0.05) is 34.4 Å². The lowest BCUT2D eigenvalue weighted by molar-refractivity contribution is -0.137. The zero-order valence-electron chi connectivity index (χ0n) is 8.41. The lowest BCUT2D eigenvalue weighted by Crippen LogP contribution is -2.06. The van der Waals surface area contributed by atoms with Crippen molar-refractivity contribution in [2.75, 3.05) is 5.75 Å². The third kappa shape index (κ3) is 5.81. The topological polar surface area (TPSA) is 37.3 Å². The van der Waals surface area contributed by atoms with E-state index in [0.717, 1.165) is 18.1 Å². The van der Waals surface area contributed by atoms with Crippen LogP contribution < -0.4 is 0 Å². The second kappa shape index (κ2) is 7.46. The Hall–Kier alpha value is 0.170. The Morgan fingerprint density at radius 2 is 2.21 bits per heavy atom. The lowest BCUT2D eigenvalue weighted by atomic mass is 10.1. The molecule has 0 radical (unpaired) electrons. The van der Waals surface area contributed by atoms with Gasteiger partial charge in [0.1, 0.15) is 0 Å². The highest BCUT2D eigenvalue weighted by atomic mass is 33.1. The fraction of sp³-hybridized carbons (Fsp3) is 0.900. The van der Waals surface area contributed by atoms with Crippen LogP contribution in [0.1, 0.15) is 44.9 Å². The van der Waals surface area contributed by atoms with Crippen LogP contribution in [-0.2, 0) is 4.79 Å². The molecule has 1 heterocycles. The van der Waals surface area contributed by atoms with E-state index < -0.39 is 5.97 Å². The summed E-state index contributed by atoms with van der Waals surface area (Å²) < 4.78 is 0. The van der Waals surface area contributed by atoms with Crippen molar-refractivity contribution in [2.45, 2.75) is 50.2 Å². The van der Waals surface area contributed by atoms with Crippen LogP contribution in [0.3, 0.4) is 0 Å². The number of unbranched alkanes of at least 4 members (excludes halogenated alkanes) is 2. The largest absolute Gasteiger partial charge is 0.481 e. The molecular weight excluding hydrogens is 216 g/mol. The molecule has 0 saturated carbocycles. The van der Waals surface area contributed by atoms with Gasteiger partial charge in [0, 0.05) is 17.4 Å². The molecule has 2 nitrogen and oxygen atoms in total. The fourth-order valence-corrected chi connectivity index (χ4v) is 4.48.